The molecule has 8 nitrogen and oxygen atoms in total. The van der Waals surface area contributed by atoms with Gasteiger partial charge in [0.1, 0.15) is 18.0 Å². The second-order valence-electron chi connectivity index (χ2n) is 9.10. The maximum Gasteiger partial charge on any atom is 0.262 e. The van der Waals surface area contributed by atoms with Crippen molar-refractivity contribution in [2.75, 3.05) is 41.0 Å². The van der Waals surface area contributed by atoms with Gasteiger partial charge in [-0.1, -0.05) is 42.0 Å². The molecule has 198 valence electrons. The standard InChI is InChI=1S/C30H33N3O5/c1-21-8-10-22(11-9-21)28-19-27(24-6-5-7-26(18-24)38-4)31-33(28)29(34)20-32(16-17-36-2)30(35)23-12-14-25(37-3)15-13-23/h5-15,18,28H,16-17,19-20H2,1-4H3. The lowest BCUT2D eigenvalue weighted by molar-refractivity contribution is -0.133. The van der Waals surface area contributed by atoms with Crippen LogP contribution >= 0.6 is 0 Å². The summed E-state index contributed by atoms with van der Waals surface area (Å²) in [7, 11) is 4.76. The van der Waals surface area contributed by atoms with Gasteiger partial charge in [0.15, 0.2) is 0 Å². The number of benzene rings is 3. The van der Waals surface area contributed by atoms with Gasteiger partial charge in [-0.3, -0.25) is 9.59 Å². The number of nitrogens with zero attached hydrogens (tertiary/aromatic N) is 3. The Hall–Kier alpha value is -4.17. The maximum atomic E-state index is 13.7. The molecule has 4 rings (SSSR count). The van der Waals surface area contributed by atoms with E-state index in [2.05, 4.69) is 0 Å². The first kappa shape index (κ1) is 26.9. The van der Waals surface area contributed by atoms with Crippen molar-refractivity contribution < 1.29 is 23.8 Å². The molecule has 0 fully saturated rings. The molecule has 0 radical (unpaired) electrons. The van der Waals surface area contributed by atoms with Gasteiger partial charge in [-0.05, 0) is 48.9 Å². The van der Waals surface area contributed by atoms with Crippen LogP contribution in [0.1, 0.15) is 39.5 Å². The molecule has 1 unspecified atom stereocenters. The predicted octanol–water partition coefficient (Wildman–Crippen LogP) is 4.48. The van der Waals surface area contributed by atoms with E-state index in [0.717, 1.165) is 28.2 Å². The average molecular weight is 516 g/mol. The highest BCUT2D eigenvalue weighted by Gasteiger charge is 2.34. The van der Waals surface area contributed by atoms with Crippen molar-refractivity contribution in [3.8, 4) is 11.5 Å². The van der Waals surface area contributed by atoms with Crippen molar-refractivity contribution in [3.63, 3.8) is 0 Å². The van der Waals surface area contributed by atoms with Gasteiger partial charge in [-0.15, -0.1) is 0 Å². The van der Waals surface area contributed by atoms with E-state index in [0.29, 0.717) is 24.3 Å². The Kier molecular flexibility index (Phi) is 8.76. The van der Waals surface area contributed by atoms with Crippen LogP contribution in [0.5, 0.6) is 11.5 Å². The van der Waals surface area contributed by atoms with E-state index < -0.39 is 0 Å². The zero-order chi connectivity index (χ0) is 27.1. The van der Waals surface area contributed by atoms with Crippen LogP contribution < -0.4 is 9.47 Å². The van der Waals surface area contributed by atoms with Gasteiger partial charge in [0.25, 0.3) is 11.8 Å². The first-order valence-electron chi connectivity index (χ1n) is 12.5. The second-order valence-corrected chi connectivity index (χ2v) is 9.10. The molecule has 0 bridgehead atoms. The summed E-state index contributed by atoms with van der Waals surface area (Å²) in [5, 5.41) is 6.28. The van der Waals surface area contributed by atoms with Gasteiger partial charge >= 0.3 is 0 Å². The summed E-state index contributed by atoms with van der Waals surface area (Å²) in [5.74, 6) is 0.837. The predicted molar refractivity (Wildman–Crippen MR) is 146 cm³/mol. The van der Waals surface area contributed by atoms with E-state index in [9.17, 15) is 9.59 Å². The zero-order valence-electron chi connectivity index (χ0n) is 22.2. The molecule has 1 aliphatic rings. The van der Waals surface area contributed by atoms with Crippen LogP contribution in [-0.2, 0) is 9.53 Å². The summed E-state index contributed by atoms with van der Waals surface area (Å²) in [4.78, 5) is 28.6. The van der Waals surface area contributed by atoms with Gasteiger partial charge in [-0.25, -0.2) is 5.01 Å². The molecule has 0 aliphatic carbocycles. The topological polar surface area (TPSA) is 80.7 Å². The molecule has 0 spiro atoms. The van der Waals surface area contributed by atoms with E-state index in [1.165, 1.54) is 9.91 Å². The van der Waals surface area contributed by atoms with E-state index in [4.69, 9.17) is 19.3 Å². The summed E-state index contributed by atoms with van der Waals surface area (Å²) >= 11 is 0. The number of carbonyl (C=O) groups is 2. The van der Waals surface area contributed by atoms with E-state index >= 15 is 0 Å². The summed E-state index contributed by atoms with van der Waals surface area (Å²) in [5.41, 5.74) is 4.26. The lowest BCUT2D eigenvalue weighted by Crippen LogP contribution is -2.42. The summed E-state index contributed by atoms with van der Waals surface area (Å²) in [6, 6.07) is 22.3. The van der Waals surface area contributed by atoms with Crippen LogP contribution in [0.4, 0.5) is 0 Å². The number of methoxy groups -OCH3 is 3. The summed E-state index contributed by atoms with van der Waals surface area (Å²) < 4.78 is 15.8. The number of aryl methyl sites for hydroxylation is 1. The average Bonchev–Trinajstić information content (AvgIpc) is 3.41. The normalized spacial score (nSPS) is 14.7. The van der Waals surface area contributed by atoms with Gasteiger partial charge < -0.3 is 19.1 Å². The highest BCUT2D eigenvalue weighted by molar-refractivity contribution is 6.04. The first-order chi connectivity index (χ1) is 18.4. The van der Waals surface area contributed by atoms with Crippen molar-refractivity contribution in [2.24, 2.45) is 5.10 Å². The Morgan fingerprint density at radius 1 is 0.947 bits per heavy atom. The van der Waals surface area contributed by atoms with Crippen molar-refractivity contribution >= 4 is 17.5 Å². The van der Waals surface area contributed by atoms with Crippen molar-refractivity contribution in [2.45, 2.75) is 19.4 Å². The van der Waals surface area contributed by atoms with Crippen molar-refractivity contribution in [1.29, 1.82) is 0 Å². The van der Waals surface area contributed by atoms with Gasteiger partial charge in [0.05, 0.1) is 32.6 Å². The maximum absolute atomic E-state index is 13.7. The number of ether oxygens (including phenoxy) is 3. The summed E-state index contributed by atoms with van der Waals surface area (Å²) in [6.07, 6.45) is 0.548. The molecule has 1 aliphatic heterocycles. The van der Waals surface area contributed by atoms with Gasteiger partial charge in [0.2, 0.25) is 0 Å². The van der Waals surface area contributed by atoms with E-state index in [1.54, 1.807) is 45.6 Å². The van der Waals surface area contributed by atoms with Crippen LogP contribution in [0.25, 0.3) is 0 Å². The molecule has 1 heterocycles. The lowest BCUT2D eigenvalue weighted by atomic mass is 9.97. The molecule has 2 amide bonds. The second kappa shape index (κ2) is 12.4. The minimum absolute atomic E-state index is 0.133. The Morgan fingerprint density at radius 3 is 2.32 bits per heavy atom. The molecule has 3 aromatic carbocycles. The van der Waals surface area contributed by atoms with Crippen molar-refractivity contribution in [3.05, 3.63) is 95.1 Å². The highest BCUT2D eigenvalue weighted by atomic mass is 16.5. The van der Waals surface area contributed by atoms with E-state index in [1.807, 2.05) is 55.5 Å². The third kappa shape index (κ3) is 6.20. The Bertz CT molecular complexity index is 1290. The minimum atomic E-state index is -0.287. The fraction of sp³-hybridized carbons (Fsp3) is 0.300. The Labute approximate surface area is 223 Å². The number of hydrogen-bond acceptors (Lipinski definition) is 6. The third-order valence-corrected chi connectivity index (χ3v) is 6.55. The van der Waals surface area contributed by atoms with Crippen molar-refractivity contribution in [1.82, 2.24) is 9.91 Å². The molecular weight excluding hydrogens is 482 g/mol. The SMILES string of the molecule is COCCN(CC(=O)N1N=C(c2cccc(OC)c2)CC1c1ccc(C)cc1)C(=O)c1ccc(OC)cc1. The first-order valence-corrected chi connectivity index (χ1v) is 12.5. The number of rotatable bonds is 10. The van der Waals surface area contributed by atoms with Gasteiger partial charge in [-0.2, -0.15) is 5.10 Å². The fourth-order valence-corrected chi connectivity index (χ4v) is 4.37. The smallest absolute Gasteiger partial charge is 0.262 e. The monoisotopic (exact) mass is 515 g/mol. The highest BCUT2D eigenvalue weighted by Crippen LogP contribution is 2.33. The molecule has 38 heavy (non-hydrogen) atoms. The molecule has 0 saturated carbocycles. The van der Waals surface area contributed by atoms with Crippen LogP contribution in [-0.4, -0.2) is 68.5 Å². The number of hydrazone groups is 1. The Morgan fingerprint density at radius 2 is 1.66 bits per heavy atom. The van der Waals surface area contributed by atoms with E-state index in [-0.39, 0.29) is 30.9 Å². The largest absolute Gasteiger partial charge is 0.497 e. The van der Waals surface area contributed by atoms with Crippen LogP contribution in [0.2, 0.25) is 0 Å². The number of hydrogen-bond donors (Lipinski definition) is 0. The minimum Gasteiger partial charge on any atom is -0.497 e. The summed E-state index contributed by atoms with van der Waals surface area (Å²) in [6.45, 7) is 2.46. The molecule has 1 atom stereocenters. The Balaban J connectivity index is 1.62. The van der Waals surface area contributed by atoms with Crippen LogP contribution in [0.15, 0.2) is 77.9 Å². The lowest BCUT2D eigenvalue weighted by Gasteiger charge is -2.27. The number of carbonyl (C=O) groups excluding carboxylic acids is 2. The van der Waals surface area contributed by atoms with Crippen LogP contribution in [0.3, 0.4) is 0 Å². The molecule has 8 heteroatoms. The number of amides is 2. The quantitative estimate of drug-likeness (QED) is 0.398. The zero-order valence-corrected chi connectivity index (χ0v) is 22.2. The third-order valence-electron chi connectivity index (χ3n) is 6.55. The van der Waals surface area contributed by atoms with Crippen LogP contribution in [0, 0.1) is 6.92 Å². The molecule has 0 N–H and O–H groups in total. The molecule has 0 aromatic heterocycles. The molecule has 3 aromatic rings. The molecular formula is C30H33N3O5. The molecule has 0 saturated heterocycles. The van der Waals surface area contributed by atoms with Gasteiger partial charge in [0, 0.05) is 31.2 Å². The fourth-order valence-electron chi connectivity index (χ4n) is 4.37.